The van der Waals surface area contributed by atoms with E-state index >= 15 is 0 Å². The van der Waals surface area contributed by atoms with Crippen LogP contribution in [0.15, 0.2) is 18.2 Å². The summed E-state index contributed by atoms with van der Waals surface area (Å²) < 4.78 is 9.57. The number of carbonyl (C=O) groups excluding carboxylic acids is 2. The number of esters is 1. The zero-order valence-corrected chi connectivity index (χ0v) is 13.0. The van der Waals surface area contributed by atoms with Crippen molar-refractivity contribution >= 4 is 17.7 Å². The van der Waals surface area contributed by atoms with E-state index in [1.165, 1.54) is 25.3 Å². The van der Waals surface area contributed by atoms with Gasteiger partial charge in [-0.3, -0.25) is 10.1 Å². The molecule has 1 unspecified atom stereocenters. The molecule has 0 heterocycles. The molecule has 7 nitrogen and oxygen atoms in total. The minimum absolute atomic E-state index is 0.110. The number of nitrogens with one attached hydrogen (secondary N) is 1. The van der Waals surface area contributed by atoms with Gasteiger partial charge in [-0.1, -0.05) is 0 Å². The molecule has 1 atom stereocenters. The van der Waals surface area contributed by atoms with Gasteiger partial charge in [-0.15, -0.1) is 0 Å². The highest BCUT2D eigenvalue weighted by molar-refractivity contribution is 5.85. The highest BCUT2D eigenvalue weighted by Crippen LogP contribution is 2.29. The molecule has 3 N–H and O–H groups in total. The molecule has 22 heavy (non-hydrogen) atoms. The molecule has 0 aliphatic heterocycles. The molecular formula is C15H21NO6. The van der Waals surface area contributed by atoms with Gasteiger partial charge in [0.25, 0.3) is 0 Å². The molecule has 0 bridgehead atoms. The number of aliphatic hydroxyl groups is 1. The zero-order chi connectivity index (χ0) is 16.9. The van der Waals surface area contributed by atoms with Crippen LogP contribution in [-0.2, 0) is 14.3 Å². The summed E-state index contributed by atoms with van der Waals surface area (Å²) in [6.45, 7) is 5.19. The second-order valence-corrected chi connectivity index (χ2v) is 5.70. The van der Waals surface area contributed by atoms with E-state index in [4.69, 9.17) is 4.74 Å². The minimum Gasteiger partial charge on any atom is -0.508 e. The van der Waals surface area contributed by atoms with Crippen LogP contribution in [-0.4, -0.2) is 35.0 Å². The summed E-state index contributed by atoms with van der Waals surface area (Å²) in [6.07, 6.45) is -2.21. The maximum Gasteiger partial charge on any atom is 0.412 e. The van der Waals surface area contributed by atoms with Gasteiger partial charge in [0.15, 0.2) is 0 Å². The van der Waals surface area contributed by atoms with E-state index in [0.717, 1.165) is 0 Å². The van der Waals surface area contributed by atoms with E-state index in [1.807, 2.05) is 0 Å². The topological polar surface area (TPSA) is 105 Å². The van der Waals surface area contributed by atoms with Crippen LogP contribution in [0.4, 0.5) is 10.5 Å². The van der Waals surface area contributed by atoms with E-state index in [0.29, 0.717) is 5.69 Å². The lowest BCUT2D eigenvalue weighted by Crippen LogP contribution is -2.27. The van der Waals surface area contributed by atoms with E-state index < -0.39 is 23.8 Å². The Morgan fingerprint density at radius 1 is 1.32 bits per heavy atom. The van der Waals surface area contributed by atoms with E-state index in [1.54, 1.807) is 20.8 Å². The predicted octanol–water partition coefficient (Wildman–Crippen LogP) is 2.34. The van der Waals surface area contributed by atoms with Crippen molar-refractivity contribution in [3.05, 3.63) is 23.8 Å². The first kappa shape index (κ1) is 17.8. The lowest BCUT2D eigenvalue weighted by atomic mass is 10.0. The van der Waals surface area contributed by atoms with Gasteiger partial charge >= 0.3 is 12.1 Å². The highest BCUT2D eigenvalue weighted by Gasteiger charge is 2.19. The molecule has 0 aliphatic carbocycles. The fourth-order valence-corrected chi connectivity index (χ4v) is 1.67. The summed E-state index contributed by atoms with van der Waals surface area (Å²) in [7, 11) is 1.20. The number of aromatic hydroxyl groups is 1. The Kier molecular flexibility index (Phi) is 5.76. The molecule has 1 amide bonds. The van der Waals surface area contributed by atoms with Crippen LogP contribution in [0.1, 0.15) is 38.9 Å². The molecule has 1 aromatic carbocycles. The molecule has 7 heteroatoms. The van der Waals surface area contributed by atoms with Gasteiger partial charge in [-0.2, -0.15) is 0 Å². The summed E-state index contributed by atoms with van der Waals surface area (Å²) in [5, 5.41) is 22.2. The number of amides is 1. The van der Waals surface area contributed by atoms with Crippen LogP contribution in [0.5, 0.6) is 5.75 Å². The summed E-state index contributed by atoms with van der Waals surface area (Å²) >= 11 is 0. The van der Waals surface area contributed by atoms with Crippen LogP contribution in [0.3, 0.4) is 0 Å². The fraction of sp³-hybridized carbons (Fsp3) is 0.467. The third-order valence-corrected chi connectivity index (χ3v) is 2.62. The van der Waals surface area contributed by atoms with E-state index in [-0.39, 0.29) is 17.7 Å². The van der Waals surface area contributed by atoms with Crippen molar-refractivity contribution in [1.29, 1.82) is 0 Å². The van der Waals surface area contributed by atoms with Gasteiger partial charge in [0, 0.05) is 11.3 Å². The maximum absolute atomic E-state index is 11.7. The van der Waals surface area contributed by atoms with Gasteiger partial charge in [-0.05, 0) is 39.0 Å². The molecule has 0 saturated carbocycles. The standard InChI is InChI=1S/C15H21NO6/c1-15(2,3)22-14(20)16-9-5-6-11(17)10(7-9)12(18)8-13(19)21-4/h5-7,12,17-18H,8H2,1-4H3,(H,16,20). The molecule has 1 rings (SSSR count). The molecule has 0 spiro atoms. The van der Waals surface area contributed by atoms with E-state index in [2.05, 4.69) is 10.1 Å². The average Bonchev–Trinajstić information content (AvgIpc) is 2.38. The van der Waals surface area contributed by atoms with Gasteiger partial charge in [0.1, 0.15) is 11.4 Å². The lowest BCUT2D eigenvalue weighted by molar-refractivity contribution is -0.142. The highest BCUT2D eigenvalue weighted by atomic mass is 16.6. The number of phenols is 1. The van der Waals surface area contributed by atoms with E-state index in [9.17, 15) is 19.8 Å². The number of benzene rings is 1. The van der Waals surface area contributed by atoms with Gasteiger partial charge in [-0.25, -0.2) is 4.79 Å². The number of methoxy groups -OCH3 is 1. The predicted molar refractivity (Wildman–Crippen MR) is 79.6 cm³/mol. The summed E-state index contributed by atoms with van der Waals surface area (Å²) in [4.78, 5) is 22.9. The zero-order valence-electron chi connectivity index (χ0n) is 13.0. The monoisotopic (exact) mass is 311 g/mol. The fourth-order valence-electron chi connectivity index (χ4n) is 1.67. The Morgan fingerprint density at radius 2 is 1.95 bits per heavy atom. The largest absolute Gasteiger partial charge is 0.508 e. The number of anilines is 1. The van der Waals surface area contributed by atoms with Crippen LogP contribution in [0.25, 0.3) is 0 Å². The summed E-state index contributed by atoms with van der Waals surface area (Å²) in [5.41, 5.74) is -0.209. The number of hydrogen-bond donors (Lipinski definition) is 3. The molecule has 122 valence electrons. The van der Waals surface area contributed by atoms with Crippen molar-refractivity contribution in [2.75, 3.05) is 12.4 Å². The lowest BCUT2D eigenvalue weighted by Gasteiger charge is -2.20. The van der Waals surface area contributed by atoms with Crippen LogP contribution >= 0.6 is 0 Å². The van der Waals surface area contributed by atoms with Gasteiger partial charge in [0.05, 0.1) is 19.6 Å². The molecule has 0 saturated heterocycles. The van der Waals surface area contributed by atoms with Crippen LogP contribution < -0.4 is 5.32 Å². The summed E-state index contributed by atoms with van der Waals surface area (Å²) in [5.74, 6) is -0.802. The molecule has 0 aliphatic rings. The first-order valence-electron chi connectivity index (χ1n) is 6.70. The molecule has 0 fully saturated rings. The molecule has 0 radical (unpaired) electrons. The molecular weight excluding hydrogens is 290 g/mol. The number of aliphatic hydroxyl groups excluding tert-OH is 1. The maximum atomic E-state index is 11.7. The van der Waals surface area contributed by atoms with Crippen LogP contribution in [0, 0.1) is 0 Å². The quantitative estimate of drug-likeness (QED) is 0.582. The number of hydrogen-bond acceptors (Lipinski definition) is 6. The van der Waals surface area contributed by atoms with Gasteiger partial charge in [0.2, 0.25) is 0 Å². The first-order chi connectivity index (χ1) is 10.1. The molecule has 0 aromatic heterocycles. The minimum atomic E-state index is -1.24. The average molecular weight is 311 g/mol. The Morgan fingerprint density at radius 3 is 2.50 bits per heavy atom. The summed E-state index contributed by atoms with van der Waals surface area (Å²) in [6, 6.07) is 4.13. The Hall–Kier alpha value is -2.28. The van der Waals surface area contributed by atoms with Crippen molar-refractivity contribution in [3.8, 4) is 5.75 Å². The normalized spacial score (nSPS) is 12.4. The van der Waals surface area contributed by atoms with Crippen molar-refractivity contribution in [2.24, 2.45) is 0 Å². The SMILES string of the molecule is COC(=O)CC(O)c1cc(NC(=O)OC(C)(C)C)ccc1O. The second kappa shape index (κ2) is 7.13. The van der Waals surface area contributed by atoms with Crippen molar-refractivity contribution < 1.29 is 29.3 Å². The Labute approximate surface area is 128 Å². The van der Waals surface area contributed by atoms with Crippen LogP contribution in [0.2, 0.25) is 0 Å². The van der Waals surface area contributed by atoms with Crippen molar-refractivity contribution in [2.45, 2.75) is 38.9 Å². The van der Waals surface area contributed by atoms with Gasteiger partial charge < -0.3 is 19.7 Å². The van der Waals surface area contributed by atoms with Crippen molar-refractivity contribution in [1.82, 2.24) is 0 Å². The molecule has 1 aromatic rings. The number of ether oxygens (including phenoxy) is 2. The first-order valence-corrected chi connectivity index (χ1v) is 6.70. The Bertz CT molecular complexity index is 549. The Balaban J connectivity index is 2.85. The third kappa shape index (κ3) is 5.61. The van der Waals surface area contributed by atoms with Crippen molar-refractivity contribution in [3.63, 3.8) is 0 Å². The third-order valence-electron chi connectivity index (χ3n) is 2.62. The number of phenolic OH excluding ortho intramolecular Hbond substituents is 1. The smallest absolute Gasteiger partial charge is 0.412 e. The number of rotatable bonds is 4. The number of carbonyl (C=O) groups is 2. The second-order valence-electron chi connectivity index (χ2n) is 5.70.